The highest BCUT2D eigenvalue weighted by molar-refractivity contribution is 5.97. The molecular weight excluding hydrogens is 278 g/mol. The van der Waals surface area contributed by atoms with Crippen LogP contribution < -0.4 is 10.1 Å². The Balaban J connectivity index is 2.92. The average Bonchev–Trinajstić information content (AvgIpc) is 2.40. The smallest absolute Gasteiger partial charge is 0.258 e. The first-order valence-electron chi connectivity index (χ1n) is 6.76. The van der Waals surface area contributed by atoms with Gasteiger partial charge in [0.05, 0.1) is 7.11 Å². The minimum atomic E-state index is -1.20. The summed E-state index contributed by atoms with van der Waals surface area (Å²) in [5.74, 6) is -2.64. The molecule has 0 saturated heterocycles. The molecule has 0 bridgehead atoms. The molecule has 1 N–H and O–H groups in total. The van der Waals surface area contributed by atoms with Gasteiger partial charge in [-0.2, -0.15) is 0 Å². The number of carbonyl (C=O) groups is 1. The number of benzene rings is 1. The molecule has 4 nitrogen and oxygen atoms in total. The van der Waals surface area contributed by atoms with Crippen molar-refractivity contribution in [1.29, 1.82) is 0 Å². The Morgan fingerprint density at radius 1 is 1.33 bits per heavy atom. The van der Waals surface area contributed by atoms with Crippen molar-refractivity contribution in [2.24, 2.45) is 5.92 Å². The fourth-order valence-electron chi connectivity index (χ4n) is 2.21. The van der Waals surface area contributed by atoms with Crippen LogP contribution in [-0.2, 0) is 0 Å². The van der Waals surface area contributed by atoms with E-state index in [-0.39, 0.29) is 11.8 Å². The van der Waals surface area contributed by atoms with Crippen molar-refractivity contribution in [3.63, 3.8) is 0 Å². The summed E-state index contributed by atoms with van der Waals surface area (Å²) < 4.78 is 32.0. The summed E-state index contributed by atoms with van der Waals surface area (Å²) in [5, 5.41) is 2.64. The molecule has 21 heavy (non-hydrogen) atoms. The Hall–Kier alpha value is -1.69. The van der Waals surface area contributed by atoms with E-state index in [0.29, 0.717) is 12.5 Å². The minimum absolute atomic E-state index is 0.0114. The van der Waals surface area contributed by atoms with Crippen LogP contribution in [0.1, 0.15) is 24.2 Å². The molecule has 0 spiro atoms. The second-order valence-electron chi connectivity index (χ2n) is 5.42. The number of carbonyl (C=O) groups excluding carboxylic acids is 1. The van der Waals surface area contributed by atoms with Gasteiger partial charge >= 0.3 is 0 Å². The standard InChI is InChI=1S/C15H22F2N2O2/c1-9(2)11(19(3)4)8-18-15(20)13-12(21-5)7-6-10(16)14(13)17/h6-7,9,11H,8H2,1-5H3,(H,18,20). The molecule has 1 atom stereocenters. The first-order valence-corrected chi connectivity index (χ1v) is 6.76. The molecule has 118 valence electrons. The van der Waals surface area contributed by atoms with Crippen molar-refractivity contribution in [2.75, 3.05) is 27.7 Å². The summed E-state index contributed by atoms with van der Waals surface area (Å²) in [7, 11) is 5.11. The van der Waals surface area contributed by atoms with Gasteiger partial charge in [-0.3, -0.25) is 4.79 Å². The van der Waals surface area contributed by atoms with E-state index >= 15 is 0 Å². The van der Waals surface area contributed by atoms with E-state index in [1.165, 1.54) is 13.2 Å². The Labute approximate surface area is 124 Å². The summed E-state index contributed by atoms with van der Waals surface area (Å²) in [6, 6.07) is 2.26. The topological polar surface area (TPSA) is 41.6 Å². The van der Waals surface area contributed by atoms with E-state index in [1.54, 1.807) is 0 Å². The summed E-state index contributed by atoms with van der Waals surface area (Å²) in [5.41, 5.74) is -0.404. The van der Waals surface area contributed by atoms with Crippen LogP contribution in [0.25, 0.3) is 0 Å². The van der Waals surface area contributed by atoms with Gasteiger partial charge in [-0.05, 0) is 32.1 Å². The highest BCUT2D eigenvalue weighted by atomic mass is 19.2. The number of nitrogens with one attached hydrogen (secondary N) is 1. The SMILES string of the molecule is COc1ccc(F)c(F)c1C(=O)NCC(C(C)C)N(C)C. The molecule has 1 aromatic rings. The highest BCUT2D eigenvalue weighted by Crippen LogP contribution is 2.23. The molecule has 1 aromatic carbocycles. The van der Waals surface area contributed by atoms with Crippen LogP contribution in [0.15, 0.2) is 12.1 Å². The Morgan fingerprint density at radius 3 is 2.43 bits per heavy atom. The third-order valence-corrected chi connectivity index (χ3v) is 3.41. The third kappa shape index (κ3) is 4.14. The molecule has 1 amide bonds. The number of hydrogen-bond acceptors (Lipinski definition) is 3. The maximum absolute atomic E-state index is 13.8. The molecule has 6 heteroatoms. The number of amides is 1. The van der Waals surface area contributed by atoms with Gasteiger partial charge in [-0.15, -0.1) is 0 Å². The van der Waals surface area contributed by atoms with E-state index in [4.69, 9.17) is 4.74 Å². The summed E-state index contributed by atoms with van der Waals surface area (Å²) in [4.78, 5) is 14.1. The van der Waals surface area contributed by atoms with Crippen molar-refractivity contribution in [1.82, 2.24) is 10.2 Å². The molecule has 0 radical (unpaired) electrons. The molecule has 1 unspecified atom stereocenters. The highest BCUT2D eigenvalue weighted by Gasteiger charge is 2.23. The molecule has 0 heterocycles. The van der Waals surface area contributed by atoms with Crippen LogP contribution in [0.5, 0.6) is 5.75 Å². The summed E-state index contributed by atoms with van der Waals surface area (Å²) in [6.45, 7) is 4.39. The lowest BCUT2D eigenvalue weighted by Crippen LogP contribution is -2.43. The van der Waals surface area contributed by atoms with Crippen molar-refractivity contribution in [2.45, 2.75) is 19.9 Å². The predicted molar refractivity (Wildman–Crippen MR) is 77.6 cm³/mol. The van der Waals surface area contributed by atoms with E-state index < -0.39 is 23.1 Å². The predicted octanol–water partition coefficient (Wildman–Crippen LogP) is 2.29. The van der Waals surface area contributed by atoms with E-state index in [2.05, 4.69) is 5.32 Å². The maximum Gasteiger partial charge on any atom is 0.258 e. The fraction of sp³-hybridized carbons (Fsp3) is 0.533. The molecule has 1 rings (SSSR count). The molecule has 0 fully saturated rings. The maximum atomic E-state index is 13.8. The zero-order valence-corrected chi connectivity index (χ0v) is 13.0. The molecule has 0 saturated carbocycles. The lowest BCUT2D eigenvalue weighted by atomic mass is 10.0. The largest absolute Gasteiger partial charge is 0.496 e. The minimum Gasteiger partial charge on any atom is -0.496 e. The zero-order valence-electron chi connectivity index (χ0n) is 13.0. The number of nitrogens with zero attached hydrogens (tertiary/aromatic N) is 1. The van der Waals surface area contributed by atoms with Gasteiger partial charge < -0.3 is 15.0 Å². The quantitative estimate of drug-likeness (QED) is 0.876. The number of halogens is 2. The number of hydrogen-bond donors (Lipinski definition) is 1. The van der Waals surface area contributed by atoms with E-state index in [0.717, 1.165) is 6.07 Å². The Kier molecular flexibility index (Phi) is 6.08. The normalized spacial score (nSPS) is 12.6. The Morgan fingerprint density at radius 2 is 1.95 bits per heavy atom. The van der Waals surface area contributed by atoms with Gasteiger partial charge in [-0.1, -0.05) is 13.8 Å². The van der Waals surface area contributed by atoms with Crippen molar-refractivity contribution in [3.8, 4) is 5.75 Å². The zero-order chi connectivity index (χ0) is 16.2. The molecule has 0 aliphatic carbocycles. The second-order valence-corrected chi connectivity index (χ2v) is 5.42. The Bertz CT molecular complexity index is 497. The number of ether oxygens (including phenoxy) is 1. The van der Waals surface area contributed by atoms with Crippen LogP contribution in [-0.4, -0.2) is 44.6 Å². The van der Waals surface area contributed by atoms with Gasteiger partial charge in [0.15, 0.2) is 11.6 Å². The first kappa shape index (κ1) is 17.4. The molecule has 0 aliphatic heterocycles. The van der Waals surface area contributed by atoms with Crippen LogP contribution in [0.4, 0.5) is 8.78 Å². The van der Waals surface area contributed by atoms with Crippen molar-refractivity contribution >= 4 is 5.91 Å². The van der Waals surface area contributed by atoms with Crippen LogP contribution in [0.2, 0.25) is 0 Å². The number of rotatable bonds is 6. The number of likely N-dealkylation sites (N-methyl/N-ethyl adjacent to an activating group) is 1. The lowest BCUT2D eigenvalue weighted by molar-refractivity contribution is 0.0926. The van der Waals surface area contributed by atoms with Crippen molar-refractivity contribution < 1.29 is 18.3 Å². The van der Waals surface area contributed by atoms with Gasteiger partial charge in [0.1, 0.15) is 11.3 Å². The molecule has 0 aromatic heterocycles. The first-order chi connectivity index (χ1) is 9.79. The van der Waals surface area contributed by atoms with Gasteiger partial charge in [0.2, 0.25) is 0 Å². The monoisotopic (exact) mass is 300 g/mol. The lowest BCUT2D eigenvalue weighted by Gasteiger charge is -2.28. The fourth-order valence-corrected chi connectivity index (χ4v) is 2.21. The molecular formula is C15H22F2N2O2. The van der Waals surface area contributed by atoms with E-state index in [9.17, 15) is 13.6 Å². The number of methoxy groups -OCH3 is 1. The van der Waals surface area contributed by atoms with Crippen molar-refractivity contribution in [3.05, 3.63) is 29.3 Å². The summed E-state index contributed by atoms with van der Waals surface area (Å²) >= 11 is 0. The van der Waals surface area contributed by atoms with Gasteiger partial charge in [0, 0.05) is 12.6 Å². The van der Waals surface area contributed by atoms with Gasteiger partial charge in [-0.25, -0.2) is 8.78 Å². The van der Waals surface area contributed by atoms with Crippen LogP contribution >= 0.6 is 0 Å². The van der Waals surface area contributed by atoms with Crippen LogP contribution in [0, 0.1) is 17.6 Å². The van der Waals surface area contributed by atoms with Crippen LogP contribution in [0.3, 0.4) is 0 Å². The van der Waals surface area contributed by atoms with Gasteiger partial charge in [0.25, 0.3) is 5.91 Å². The van der Waals surface area contributed by atoms with E-state index in [1.807, 2.05) is 32.8 Å². The summed E-state index contributed by atoms with van der Waals surface area (Å²) in [6.07, 6.45) is 0. The average molecular weight is 300 g/mol. The second kappa shape index (κ2) is 7.36. The molecule has 0 aliphatic rings. The third-order valence-electron chi connectivity index (χ3n) is 3.41.